The van der Waals surface area contributed by atoms with E-state index < -0.39 is 50.4 Å². The first-order valence-electron chi connectivity index (χ1n) is 12.2. The average molecular weight is 541 g/mol. The third-order valence-electron chi connectivity index (χ3n) is 4.98. The van der Waals surface area contributed by atoms with E-state index in [9.17, 15) is 0 Å². The van der Waals surface area contributed by atoms with Gasteiger partial charge in [0.25, 0.3) is 0 Å². The maximum atomic E-state index is 6.92. The van der Waals surface area contributed by atoms with Crippen LogP contribution in [0.4, 0.5) is 0 Å². The third-order valence-corrected chi connectivity index (χ3v) is 24.5. The molecule has 0 fully saturated rings. The molecule has 0 unspecified atom stereocenters. The highest BCUT2D eigenvalue weighted by Gasteiger charge is 2.51. The van der Waals surface area contributed by atoms with E-state index in [4.69, 9.17) is 16.5 Å². The Balaban J connectivity index is 6.23. The maximum absolute atomic E-state index is 6.92. The number of hydrogen-bond acceptors (Lipinski definition) is 4. The molecular formula is C21H56O4Si6. The maximum Gasteiger partial charge on any atom is 0.314 e. The molecule has 188 valence electrons. The first-order valence-corrected chi connectivity index (χ1v) is 30.8. The zero-order chi connectivity index (χ0) is 25.2. The summed E-state index contributed by atoms with van der Waals surface area (Å²) in [6.07, 6.45) is 2.23. The van der Waals surface area contributed by atoms with Crippen LogP contribution in [0, 0.1) is 5.41 Å². The van der Waals surface area contributed by atoms with E-state index in [1.807, 2.05) is 0 Å². The molecule has 0 aromatic carbocycles. The van der Waals surface area contributed by atoms with Crippen molar-refractivity contribution in [2.45, 2.75) is 130 Å². The van der Waals surface area contributed by atoms with Gasteiger partial charge in [-0.2, -0.15) is 0 Å². The van der Waals surface area contributed by atoms with Gasteiger partial charge >= 0.3 is 17.1 Å². The molecule has 0 aliphatic carbocycles. The molecule has 0 radical (unpaired) electrons. The van der Waals surface area contributed by atoms with E-state index in [1.165, 1.54) is 0 Å². The topological polar surface area (TPSA) is 36.9 Å². The quantitative estimate of drug-likeness (QED) is 0.207. The number of rotatable bonds is 14. The normalized spacial score (nSPS) is 15.5. The Bertz CT molecular complexity index is 476. The van der Waals surface area contributed by atoms with Crippen LogP contribution in [0.3, 0.4) is 0 Å². The lowest BCUT2D eigenvalue weighted by Crippen LogP contribution is -2.58. The Morgan fingerprint density at radius 3 is 0.742 bits per heavy atom. The van der Waals surface area contributed by atoms with Crippen molar-refractivity contribution in [3.05, 3.63) is 0 Å². The van der Waals surface area contributed by atoms with Crippen molar-refractivity contribution >= 4 is 50.4 Å². The van der Waals surface area contributed by atoms with Gasteiger partial charge in [0.1, 0.15) is 0 Å². The second kappa shape index (κ2) is 10.8. The standard InChI is InChI=1S/C21H56O4Si6/c1-17-21(18-2,19-30(15,22-26(3,4)5)23-27(6,7)8)20-31(16,24-28(9,10)11)25-29(12,13)14/h17-20H2,1-16H3. The first kappa shape index (κ1) is 32.1. The molecule has 0 saturated heterocycles. The predicted molar refractivity (Wildman–Crippen MR) is 154 cm³/mol. The summed E-state index contributed by atoms with van der Waals surface area (Å²) in [6.45, 7) is 36.9. The molecule has 0 spiro atoms. The molecule has 10 heteroatoms. The van der Waals surface area contributed by atoms with Crippen LogP contribution >= 0.6 is 0 Å². The molecule has 0 aliphatic heterocycles. The predicted octanol–water partition coefficient (Wildman–Crippen LogP) is 8.34. The second-order valence-corrected chi connectivity index (χ2v) is 39.1. The minimum Gasteiger partial charge on any atom is -0.437 e. The van der Waals surface area contributed by atoms with Gasteiger partial charge in [0.2, 0.25) is 0 Å². The minimum absolute atomic E-state index is 0.139. The fourth-order valence-corrected chi connectivity index (χ4v) is 32.1. The summed E-state index contributed by atoms with van der Waals surface area (Å²) >= 11 is 0. The summed E-state index contributed by atoms with van der Waals surface area (Å²) in [5.41, 5.74) is 0.139. The molecule has 0 amide bonds. The molecule has 0 N–H and O–H groups in total. The average Bonchev–Trinajstić information content (AvgIpc) is 2.36. The zero-order valence-corrected chi connectivity index (χ0v) is 30.0. The Morgan fingerprint density at radius 1 is 0.419 bits per heavy atom. The van der Waals surface area contributed by atoms with Crippen molar-refractivity contribution in [2.75, 3.05) is 0 Å². The van der Waals surface area contributed by atoms with Gasteiger partial charge in [-0.1, -0.05) is 26.7 Å². The lowest BCUT2D eigenvalue weighted by Gasteiger charge is -2.48. The van der Waals surface area contributed by atoms with E-state index in [0.29, 0.717) is 0 Å². The molecule has 0 rings (SSSR count). The fourth-order valence-electron chi connectivity index (χ4n) is 4.95. The number of hydrogen-bond donors (Lipinski definition) is 0. The van der Waals surface area contributed by atoms with E-state index in [0.717, 1.165) is 24.9 Å². The lowest BCUT2D eigenvalue weighted by molar-refractivity contribution is 0.256. The Kier molecular flexibility index (Phi) is 11.2. The van der Waals surface area contributed by atoms with Crippen molar-refractivity contribution in [3.8, 4) is 0 Å². The SMILES string of the molecule is CCC(CC)(C[Si](C)(O[Si](C)(C)C)O[Si](C)(C)C)C[Si](C)(O[Si](C)(C)C)O[Si](C)(C)C. The van der Waals surface area contributed by atoms with Crippen LogP contribution in [0.5, 0.6) is 0 Å². The van der Waals surface area contributed by atoms with E-state index >= 15 is 0 Å². The highest BCUT2D eigenvalue weighted by molar-refractivity contribution is 6.89. The van der Waals surface area contributed by atoms with Crippen molar-refractivity contribution in [2.24, 2.45) is 5.41 Å². The van der Waals surface area contributed by atoms with Crippen molar-refractivity contribution in [3.63, 3.8) is 0 Å². The van der Waals surface area contributed by atoms with Gasteiger partial charge in [-0.15, -0.1) is 0 Å². The van der Waals surface area contributed by atoms with Crippen LogP contribution in [0.15, 0.2) is 0 Å². The smallest absolute Gasteiger partial charge is 0.314 e. The molecular weight excluding hydrogens is 485 g/mol. The van der Waals surface area contributed by atoms with Crippen LogP contribution in [0.1, 0.15) is 26.7 Å². The minimum atomic E-state index is -2.36. The molecule has 0 aromatic heterocycles. The Labute approximate surface area is 202 Å². The summed E-state index contributed by atoms with van der Waals surface area (Å²) in [6, 6.07) is 2.07. The van der Waals surface area contributed by atoms with Crippen LogP contribution < -0.4 is 0 Å². The fraction of sp³-hybridized carbons (Fsp3) is 1.00. The summed E-state index contributed by atoms with van der Waals surface area (Å²) in [4.78, 5) is 0. The van der Waals surface area contributed by atoms with E-state index in [2.05, 4.69) is 106 Å². The van der Waals surface area contributed by atoms with E-state index in [1.54, 1.807) is 0 Å². The molecule has 0 aromatic rings. The van der Waals surface area contributed by atoms with Crippen molar-refractivity contribution < 1.29 is 16.5 Å². The van der Waals surface area contributed by atoms with Crippen molar-refractivity contribution in [1.29, 1.82) is 0 Å². The highest BCUT2D eigenvalue weighted by Crippen LogP contribution is 2.46. The van der Waals surface area contributed by atoms with Gasteiger partial charge in [-0.05, 0) is 109 Å². The van der Waals surface area contributed by atoms with Gasteiger partial charge in [-0.3, -0.25) is 0 Å². The molecule has 0 bridgehead atoms. The van der Waals surface area contributed by atoms with Gasteiger partial charge in [0, 0.05) is 0 Å². The molecule has 0 atom stereocenters. The van der Waals surface area contributed by atoms with Crippen LogP contribution in [-0.2, 0) is 16.5 Å². The van der Waals surface area contributed by atoms with Gasteiger partial charge in [0.15, 0.2) is 33.3 Å². The molecule has 0 saturated carbocycles. The zero-order valence-electron chi connectivity index (χ0n) is 24.0. The summed E-state index contributed by atoms with van der Waals surface area (Å²) in [7, 11) is -11.6. The van der Waals surface area contributed by atoms with E-state index in [-0.39, 0.29) is 5.41 Å². The van der Waals surface area contributed by atoms with Crippen LogP contribution in [-0.4, -0.2) is 50.4 Å². The van der Waals surface area contributed by atoms with Gasteiger partial charge in [-0.25, -0.2) is 0 Å². The summed E-state index contributed by atoms with van der Waals surface area (Å²) < 4.78 is 27.7. The van der Waals surface area contributed by atoms with Crippen molar-refractivity contribution in [1.82, 2.24) is 0 Å². The summed E-state index contributed by atoms with van der Waals surface area (Å²) in [5.74, 6) is 0. The molecule has 4 nitrogen and oxygen atoms in total. The molecule has 31 heavy (non-hydrogen) atoms. The third kappa shape index (κ3) is 14.2. The largest absolute Gasteiger partial charge is 0.437 e. The lowest BCUT2D eigenvalue weighted by atomic mass is 9.87. The monoisotopic (exact) mass is 540 g/mol. The molecule has 0 aliphatic rings. The Hall–Kier alpha value is 1.14. The molecule has 0 heterocycles. The second-order valence-electron chi connectivity index (χ2n) is 13.7. The first-order chi connectivity index (χ1) is 13.4. The van der Waals surface area contributed by atoms with Crippen LogP contribution in [0.25, 0.3) is 0 Å². The van der Waals surface area contributed by atoms with Gasteiger partial charge in [0.05, 0.1) is 0 Å². The van der Waals surface area contributed by atoms with Crippen LogP contribution in [0.2, 0.25) is 104 Å². The highest BCUT2D eigenvalue weighted by atomic mass is 28.5. The summed E-state index contributed by atoms with van der Waals surface area (Å²) in [5, 5.41) is 0. The van der Waals surface area contributed by atoms with Gasteiger partial charge < -0.3 is 16.5 Å². The Morgan fingerprint density at radius 2 is 0.613 bits per heavy atom.